The van der Waals surface area contributed by atoms with Crippen molar-refractivity contribution in [1.82, 2.24) is 10.2 Å². The van der Waals surface area contributed by atoms with Crippen LogP contribution in [0.25, 0.3) is 0 Å². The molecule has 1 atom stereocenters. The van der Waals surface area contributed by atoms with Crippen molar-refractivity contribution in [1.29, 1.82) is 0 Å². The van der Waals surface area contributed by atoms with E-state index in [0.29, 0.717) is 6.04 Å². The lowest BCUT2D eigenvalue weighted by molar-refractivity contribution is -0.126. The Labute approximate surface area is 132 Å². The quantitative estimate of drug-likeness (QED) is 0.807. The summed E-state index contributed by atoms with van der Waals surface area (Å²) < 4.78 is 0. The highest BCUT2D eigenvalue weighted by atomic mass is 16.2. The monoisotopic (exact) mass is 303 g/mol. The third-order valence-electron chi connectivity index (χ3n) is 4.03. The Morgan fingerprint density at radius 1 is 1.32 bits per heavy atom. The summed E-state index contributed by atoms with van der Waals surface area (Å²) >= 11 is 0. The Morgan fingerprint density at radius 2 is 2.00 bits per heavy atom. The van der Waals surface area contributed by atoms with Crippen LogP contribution in [0, 0.1) is 0 Å². The van der Waals surface area contributed by atoms with E-state index in [1.54, 1.807) is 11.9 Å². The number of carbonyl (C=O) groups excluding carboxylic acids is 2. The minimum absolute atomic E-state index is 0.00763. The minimum atomic E-state index is -0.312. The van der Waals surface area contributed by atoms with Crippen molar-refractivity contribution in [2.75, 3.05) is 18.9 Å². The minimum Gasteiger partial charge on any atom is -0.352 e. The highest BCUT2D eigenvalue weighted by Crippen LogP contribution is 2.19. The lowest BCUT2D eigenvalue weighted by Crippen LogP contribution is -2.46. The predicted molar refractivity (Wildman–Crippen MR) is 87.7 cm³/mol. The van der Waals surface area contributed by atoms with Gasteiger partial charge in [0.2, 0.25) is 11.8 Å². The van der Waals surface area contributed by atoms with Crippen molar-refractivity contribution < 1.29 is 9.59 Å². The molecule has 0 spiro atoms. The molecule has 5 nitrogen and oxygen atoms in total. The van der Waals surface area contributed by atoms with Crippen molar-refractivity contribution in [2.24, 2.45) is 0 Å². The van der Waals surface area contributed by atoms with Crippen molar-refractivity contribution in [3.63, 3.8) is 0 Å². The molecule has 0 bridgehead atoms. The van der Waals surface area contributed by atoms with Crippen LogP contribution in [0.1, 0.15) is 32.3 Å². The zero-order valence-corrected chi connectivity index (χ0v) is 13.6. The fraction of sp³-hybridized carbons (Fsp3) is 0.529. The molecule has 0 radical (unpaired) electrons. The Bertz CT molecular complexity index is 540. The summed E-state index contributed by atoms with van der Waals surface area (Å²) in [6.45, 7) is 4.07. The summed E-state index contributed by atoms with van der Waals surface area (Å²) in [5, 5.41) is 5.89. The van der Waals surface area contributed by atoms with Gasteiger partial charge in [-0.2, -0.15) is 0 Å². The van der Waals surface area contributed by atoms with Crippen LogP contribution in [0.15, 0.2) is 24.3 Å². The van der Waals surface area contributed by atoms with E-state index < -0.39 is 0 Å². The zero-order chi connectivity index (χ0) is 16.1. The number of carbonyl (C=O) groups is 2. The molecule has 1 aromatic rings. The number of anilines is 1. The lowest BCUT2D eigenvalue weighted by Gasteiger charge is -2.23. The second-order valence-corrected chi connectivity index (χ2v) is 5.93. The molecule has 0 saturated heterocycles. The van der Waals surface area contributed by atoms with Gasteiger partial charge in [-0.1, -0.05) is 25.1 Å². The number of nitrogens with zero attached hydrogens (tertiary/aromatic N) is 1. The van der Waals surface area contributed by atoms with Crippen LogP contribution in [-0.2, 0) is 16.0 Å². The van der Waals surface area contributed by atoms with Crippen molar-refractivity contribution in [2.45, 2.75) is 45.2 Å². The van der Waals surface area contributed by atoms with Crippen LogP contribution in [-0.4, -0.2) is 42.4 Å². The fourth-order valence-electron chi connectivity index (χ4n) is 2.25. The molecule has 1 fully saturated rings. The van der Waals surface area contributed by atoms with Gasteiger partial charge < -0.3 is 10.6 Å². The number of rotatable bonds is 7. The molecule has 5 heteroatoms. The van der Waals surface area contributed by atoms with Crippen molar-refractivity contribution in [3.8, 4) is 0 Å². The van der Waals surface area contributed by atoms with Crippen molar-refractivity contribution >= 4 is 17.5 Å². The molecule has 2 amide bonds. The maximum absolute atomic E-state index is 12.2. The molecule has 1 aromatic carbocycles. The maximum Gasteiger partial charge on any atom is 0.238 e. The van der Waals surface area contributed by atoms with E-state index in [-0.39, 0.29) is 24.4 Å². The van der Waals surface area contributed by atoms with Crippen molar-refractivity contribution in [3.05, 3.63) is 29.8 Å². The molecule has 2 N–H and O–H groups in total. The molecule has 1 saturated carbocycles. The zero-order valence-electron chi connectivity index (χ0n) is 13.6. The molecule has 0 heterocycles. The van der Waals surface area contributed by atoms with E-state index in [2.05, 4.69) is 17.6 Å². The number of hydrogen-bond donors (Lipinski definition) is 2. The van der Waals surface area contributed by atoms with Gasteiger partial charge in [-0.15, -0.1) is 0 Å². The van der Waals surface area contributed by atoms with Crippen LogP contribution in [0.3, 0.4) is 0 Å². The van der Waals surface area contributed by atoms with Gasteiger partial charge in [0.05, 0.1) is 12.6 Å². The van der Waals surface area contributed by atoms with Gasteiger partial charge in [0.25, 0.3) is 0 Å². The van der Waals surface area contributed by atoms with Crippen LogP contribution in [0.5, 0.6) is 0 Å². The first-order valence-corrected chi connectivity index (χ1v) is 7.89. The molecule has 1 aliphatic carbocycles. The molecular formula is C17H25N3O2. The van der Waals surface area contributed by atoms with Gasteiger partial charge in [-0.3, -0.25) is 14.5 Å². The van der Waals surface area contributed by atoms with Gasteiger partial charge in [0.15, 0.2) is 0 Å². The Hall–Kier alpha value is -1.88. The third kappa shape index (κ3) is 4.56. The summed E-state index contributed by atoms with van der Waals surface area (Å²) in [5.74, 6) is -0.110. The van der Waals surface area contributed by atoms with Gasteiger partial charge >= 0.3 is 0 Å². The predicted octanol–water partition coefficient (Wildman–Crippen LogP) is 1.79. The van der Waals surface area contributed by atoms with E-state index in [9.17, 15) is 9.59 Å². The molecular weight excluding hydrogens is 278 g/mol. The average molecular weight is 303 g/mol. The number of nitrogens with one attached hydrogen (secondary N) is 2. The number of benzene rings is 1. The summed E-state index contributed by atoms with van der Waals surface area (Å²) in [4.78, 5) is 25.9. The van der Waals surface area contributed by atoms with E-state index in [1.807, 2.05) is 31.2 Å². The second-order valence-electron chi connectivity index (χ2n) is 5.93. The highest BCUT2D eigenvalue weighted by Gasteiger charge is 2.27. The van der Waals surface area contributed by atoms with Crippen LogP contribution in [0.4, 0.5) is 5.69 Å². The Morgan fingerprint density at radius 3 is 2.64 bits per heavy atom. The first-order valence-electron chi connectivity index (χ1n) is 7.89. The molecule has 0 aliphatic heterocycles. The first-order chi connectivity index (χ1) is 10.5. The second kappa shape index (κ2) is 7.40. The van der Waals surface area contributed by atoms with Gasteiger partial charge in [-0.25, -0.2) is 0 Å². The molecule has 2 rings (SSSR count). The highest BCUT2D eigenvalue weighted by molar-refractivity contribution is 5.93. The largest absolute Gasteiger partial charge is 0.352 e. The standard InChI is InChI=1S/C17H25N3O2/c1-4-13-7-5-6-8-15(13)19-16(21)11-20(3)12(2)17(22)18-14-9-10-14/h5-8,12,14H,4,9-11H2,1-3H3,(H,18,22)(H,19,21). The third-order valence-corrected chi connectivity index (χ3v) is 4.03. The normalized spacial score (nSPS) is 15.5. The fourth-order valence-corrected chi connectivity index (χ4v) is 2.25. The smallest absolute Gasteiger partial charge is 0.238 e. The number of para-hydroxylation sites is 1. The summed E-state index contributed by atoms with van der Waals surface area (Å²) in [6, 6.07) is 7.81. The number of likely N-dealkylation sites (N-methyl/N-ethyl adjacent to an activating group) is 1. The van der Waals surface area contributed by atoms with Gasteiger partial charge in [-0.05, 0) is 44.9 Å². The number of aryl methyl sites for hydroxylation is 1. The number of amides is 2. The maximum atomic E-state index is 12.2. The van der Waals surface area contributed by atoms with Gasteiger partial charge in [0.1, 0.15) is 0 Å². The van der Waals surface area contributed by atoms with Crippen LogP contribution >= 0.6 is 0 Å². The first kappa shape index (κ1) is 16.5. The van der Waals surface area contributed by atoms with Crippen LogP contribution < -0.4 is 10.6 Å². The molecule has 1 aliphatic rings. The lowest BCUT2D eigenvalue weighted by atomic mass is 10.1. The molecule has 0 aromatic heterocycles. The Balaban J connectivity index is 1.86. The van der Waals surface area contributed by atoms with E-state index in [1.165, 1.54) is 0 Å². The van der Waals surface area contributed by atoms with Crippen LogP contribution in [0.2, 0.25) is 0 Å². The van der Waals surface area contributed by atoms with E-state index in [0.717, 1.165) is 30.5 Å². The summed E-state index contributed by atoms with van der Waals surface area (Å²) in [7, 11) is 1.79. The van der Waals surface area contributed by atoms with E-state index >= 15 is 0 Å². The Kier molecular flexibility index (Phi) is 5.55. The average Bonchev–Trinajstić information content (AvgIpc) is 3.30. The molecule has 120 valence electrons. The summed E-state index contributed by atoms with van der Waals surface area (Å²) in [6.07, 6.45) is 3.00. The topological polar surface area (TPSA) is 61.4 Å². The van der Waals surface area contributed by atoms with Gasteiger partial charge in [0, 0.05) is 11.7 Å². The SMILES string of the molecule is CCc1ccccc1NC(=O)CN(C)C(C)C(=O)NC1CC1. The molecule has 1 unspecified atom stereocenters. The molecule has 22 heavy (non-hydrogen) atoms. The summed E-state index contributed by atoms with van der Waals surface area (Å²) in [5.41, 5.74) is 1.96. The number of hydrogen-bond acceptors (Lipinski definition) is 3. The van der Waals surface area contributed by atoms with E-state index in [4.69, 9.17) is 0 Å².